The number of esters is 1. The molecule has 0 unspecified atom stereocenters. The Morgan fingerprint density at radius 3 is 2.27 bits per heavy atom. The Bertz CT molecular complexity index is 324. The average Bonchev–Trinajstić information content (AvgIpc) is 2.16. The van der Waals surface area contributed by atoms with E-state index < -0.39 is 0 Å². The smallest absolute Gasteiger partial charge is 0.338 e. The summed E-state index contributed by atoms with van der Waals surface area (Å²) in [6.45, 7) is 4.64. The van der Waals surface area contributed by atoms with Gasteiger partial charge in [-0.1, -0.05) is 17.2 Å². The van der Waals surface area contributed by atoms with Crippen molar-refractivity contribution in [3.8, 4) is 0 Å². The predicted octanol–water partition coefficient (Wildman–Crippen LogP) is 2.11. The van der Waals surface area contributed by atoms with E-state index >= 15 is 0 Å². The lowest BCUT2D eigenvalue weighted by atomic mass is 10.1. The predicted molar refractivity (Wildman–Crippen MR) is 58.1 cm³/mol. The zero-order chi connectivity index (χ0) is 11.3. The first-order valence-corrected chi connectivity index (χ1v) is 4.88. The molecule has 0 heterocycles. The number of methoxy groups -OCH3 is 1. The number of benzene rings is 1. The van der Waals surface area contributed by atoms with Crippen LogP contribution in [0.25, 0.3) is 0 Å². The molecule has 0 amide bonds. The van der Waals surface area contributed by atoms with Crippen molar-refractivity contribution >= 4 is 5.97 Å². The first kappa shape index (κ1) is 11.7. The van der Waals surface area contributed by atoms with Crippen LogP contribution in [0, 0.1) is 13.8 Å². The molecule has 0 aliphatic rings. The summed E-state index contributed by atoms with van der Waals surface area (Å²) in [5.41, 5.74) is 2.73. The van der Waals surface area contributed by atoms with Gasteiger partial charge in [0.25, 0.3) is 0 Å². The minimum absolute atomic E-state index is 0.293. The molecule has 0 saturated carbocycles. The van der Waals surface area contributed by atoms with E-state index in [2.05, 4.69) is 0 Å². The van der Waals surface area contributed by atoms with Crippen LogP contribution in [-0.2, 0) is 9.47 Å². The molecular weight excluding hydrogens is 192 g/mol. The van der Waals surface area contributed by atoms with E-state index in [1.165, 1.54) is 0 Å². The fraction of sp³-hybridized carbons (Fsp3) is 0.417. The third kappa shape index (κ3) is 3.72. The lowest BCUT2D eigenvalue weighted by Gasteiger charge is -2.05. The van der Waals surface area contributed by atoms with E-state index in [-0.39, 0.29) is 5.97 Å². The number of hydrogen-bond acceptors (Lipinski definition) is 3. The molecule has 1 aromatic rings. The number of carbonyl (C=O) groups is 1. The van der Waals surface area contributed by atoms with Crippen LogP contribution in [0.2, 0.25) is 0 Å². The van der Waals surface area contributed by atoms with Gasteiger partial charge in [-0.15, -0.1) is 0 Å². The van der Waals surface area contributed by atoms with Gasteiger partial charge in [0.15, 0.2) is 0 Å². The van der Waals surface area contributed by atoms with Crippen molar-refractivity contribution in [3.05, 3.63) is 34.9 Å². The summed E-state index contributed by atoms with van der Waals surface area (Å²) in [4.78, 5) is 11.5. The van der Waals surface area contributed by atoms with Crippen molar-refractivity contribution in [3.63, 3.8) is 0 Å². The summed E-state index contributed by atoms with van der Waals surface area (Å²) in [7, 11) is 1.57. The van der Waals surface area contributed by atoms with Gasteiger partial charge >= 0.3 is 5.97 Å². The van der Waals surface area contributed by atoms with Crippen molar-refractivity contribution in [2.45, 2.75) is 13.8 Å². The molecular formula is C12H16O3. The minimum atomic E-state index is -0.293. The molecule has 0 fully saturated rings. The maximum atomic E-state index is 11.5. The average molecular weight is 208 g/mol. The monoisotopic (exact) mass is 208 g/mol. The Morgan fingerprint density at radius 1 is 1.13 bits per heavy atom. The molecule has 0 aliphatic heterocycles. The normalized spacial score (nSPS) is 10.1. The quantitative estimate of drug-likeness (QED) is 0.561. The molecule has 3 heteroatoms. The van der Waals surface area contributed by atoms with Gasteiger partial charge in [-0.25, -0.2) is 4.79 Å². The minimum Gasteiger partial charge on any atom is -0.460 e. The van der Waals surface area contributed by atoms with Gasteiger partial charge in [-0.05, 0) is 26.0 Å². The lowest BCUT2D eigenvalue weighted by molar-refractivity contribution is 0.0388. The first-order valence-electron chi connectivity index (χ1n) is 4.88. The molecule has 0 atom stereocenters. The van der Waals surface area contributed by atoms with Gasteiger partial charge in [0, 0.05) is 7.11 Å². The molecule has 0 aromatic heterocycles. The Morgan fingerprint density at radius 2 is 1.73 bits per heavy atom. The van der Waals surface area contributed by atoms with E-state index in [1.54, 1.807) is 7.11 Å². The fourth-order valence-corrected chi connectivity index (χ4v) is 1.39. The van der Waals surface area contributed by atoms with Crippen LogP contribution in [0.4, 0.5) is 0 Å². The van der Waals surface area contributed by atoms with Crippen molar-refractivity contribution in [1.82, 2.24) is 0 Å². The van der Waals surface area contributed by atoms with E-state index in [0.29, 0.717) is 18.8 Å². The van der Waals surface area contributed by atoms with Crippen LogP contribution in [0.5, 0.6) is 0 Å². The van der Waals surface area contributed by atoms with E-state index in [9.17, 15) is 4.79 Å². The summed E-state index contributed by atoms with van der Waals surface area (Å²) in [6, 6.07) is 5.66. The maximum Gasteiger partial charge on any atom is 0.338 e. The van der Waals surface area contributed by atoms with Crippen LogP contribution >= 0.6 is 0 Å². The Balaban J connectivity index is 2.65. The van der Waals surface area contributed by atoms with Crippen molar-refractivity contribution in [1.29, 1.82) is 0 Å². The van der Waals surface area contributed by atoms with Gasteiger partial charge < -0.3 is 9.47 Å². The zero-order valence-corrected chi connectivity index (χ0v) is 9.37. The topological polar surface area (TPSA) is 35.5 Å². The van der Waals surface area contributed by atoms with Gasteiger partial charge in [-0.3, -0.25) is 0 Å². The number of ether oxygens (including phenoxy) is 2. The van der Waals surface area contributed by atoms with Crippen LogP contribution < -0.4 is 0 Å². The summed E-state index contributed by atoms with van der Waals surface area (Å²) in [5, 5.41) is 0. The second kappa shape index (κ2) is 5.51. The first-order chi connectivity index (χ1) is 7.13. The van der Waals surface area contributed by atoms with Gasteiger partial charge in [0.1, 0.15) is 6.61 Å². The second-order valence-electron chi connectivity index (χ2n) is 3.51. The molecule has 1 aromatic carbocycles. The number of hydrogen-bond donors (Lipinski definition) is 0. The molecule has 0 bridgehead atoms. The number of rotatable bonds is 4. The van der Waals surface area contributed by atoms with E-state index in [4.69, 9.17) is 9.47 Å². The summed E-state index contributed by atoms with van der Waals surface area (Å²) in [5.74, 6) is -0.293. The summed E-state index contributed by atoms with van der Waals surface area (Å²) < 4.78 is 9.81. The second-order valence-corrected chi connectivity index (χ2v) is 3.51. The molecule has 3 nitrogen and oxygen atoms in total. The number of carbonyl (C=O) groups excluding carboxylic acids is 1. The van der Waals surface area contributed by atoms with Crippen LogP contribution in [0.1, 0.15) is 21.5 Å². The SMILES string of the molecule is COCCOC(=O)c1cc(C)cc(C)c1. The van der Waals surface area contributed by atoms with E-state index in [0.717, 1.165) is 11.1 Å². The van der Waals surface area contributed by atoms with Gasteiger partial charge in [-0.2, -0.15) is 0 Å². The molecule has 1 rings (SSSR count). The maximum absolute atomic E-state index is 11.5. The third-order valence-electron chi connectivity index (χ3n) is 1.98. The molecule has 0 N–H and O–H groups in total. The number of aryl methyl sites for hydroxylation is 2. The van der Waals surface area contributed by atoms with Gasteiger partial charge in [0.2, 0.25) is 0 Å². The molecule has 0 aliphatic carbocycles. The van der Waals surface area contributed by atoms with Crippen LogP contribution in [0.15, 0.2) is 18.2 Å². The molecule has 82 valence electrons. The molecule has 0 radical (unpaired) electrons. The van der Waals surface area contributed by atoms with Crippen LogP contribution in [0.3, 0.4) is 0 Å². The standard InChI is InChI=1S/C12H16O3/c1-9-6-10(2)8-11(7-9)12(13)15-5-4-14-3/h6-8H,4-5H2,1-3H3. The fourth-order valence-electron chi connectivity index (χ4n) is 1.39. The largest absolute Gasteiger partial charge is 0.460 e. The summed E-state index contributed by atoms with van der Waals surface area (Å²) in [6.07, 6.45) is 0. The van der Waals surface area contributed by atoms with Crippen molar-refractivity contribution < 1.29 is 14.3 Å². The molecule has 0 spiro atoms. The Labute approximate surface area is 90.0 Å². The highest BCUT2D eigenvalue weighted by molar-refractivity contribution is 5.89. The highest BCUT2D eigenvalue weighted by Crippen LogP contribution is 2.09. The van der Waals surface area contributed by atoms with Gasteiger partial charge in [0.05, 0.1) is 12.2 Å². The molecule has 15 heavy (non-hydrogen) atoms. The third-order valence-corrected chi connectivity index (χ3v) is 1.98. The lowest BCUT2D eigenvalue weighted by Crippen LogP contribution is -2.10. The Hall–Kier alpha value is -1.35. The van der Waals surface area contributed by atoms with E-state index in [1.807, 2.05) is 32.0 Å². The van der Waals surface area contributed by atoms with Crippen molar-refractivity contribution in [2.24, 2.45) is 0 Å². The highest BCUT2D eigenvalue weighted by Gasteiger charge is 2.07. The van der Waals surface area contributed by atoms with Crippen LogP contribution in [-0.4, -0.2) is 26.3 Å². The Kier molecular flexibility index (Phi) is 4.31. The van der Waals surface area contributed by atoms with Crippen molar-refractivity contribution in [2.75, 3.05) is 20.3 Å². The highest BCUT2D eigenvalue weighted by atomic mass is 16.6. The zero-order valence-electron chi connectivity index (χ0n) is 9.37. The summed E-state index contributed by atoms with van der Waals surface area (Å²) >= 11 is 0. The molecule has 0 saturated heterocycles.